The van der Waals surface area contributed by atoms with Crippen LogP contribution >= 0.6 is 22.7 Å². The highest BCUT2D eigenvalue weighted by molar-refractivity contribution is 7.92. The second kappa shape index (κ2) is 6.32. The summed E-state index contributed by atoms with van der Waals surface area (Å²) in [6, 6.07) is 9.62. The molecule has 0 aliphatic carbocycles. The van der Waals surface area contributed by atoms with Gasteiger partial charge in [0.2, 0.25) is 0 Å². The number of aryl methyl sites for hydroxylation is 2. The fourth-order valence-electron chi connectivity index (χ4n) is 2.92. The van der Waals surface area contributed by atoms with Crippen LogP contribution in [0.1, 0.15) is 6.92 Å². The number of rotatable bonds is 4. The number of nitrogens with zero attached hydrogens (tertiary/aromatic N) is 2. The van der Waals surface area contributed by atoms with Crippen molar-refractivity contribution in [3.63, 3.8) is 0 Å². The first kappa shape index (κ1) is 18.0. The van der Waals surface area contributed by atoms with E-state index in [9.17, 15) is 18.0 Å². The maximum atomic E-state index is 12.7. The van der Waals surface area contributed by atoms with Crippen molar-refractivity contribution in [3.05, 3.63) is 55.7 Å². The third-order valence-corrected chi connectivity index (χ3v) is 7.63. The molecule has 0 fully saturated rings. The Morgan fingerprint density at radius 3 is 2.37 bits per heavy atom. The maximum Gasteiger partial charge on any atom is 0.308 e. The van der Waals surface area contributed by atoms with Crippen LogP contribution in [0.5, 0.6) is 0 Å². The van der Waals surface area contributed by atoms with Crippen molar-refractivity contribution in [1.29, 1.82) is 0 Å². The molecule has 10 heteroatoms. The quantitative estimate of drug-likeness (QED) is 0.549. The second-order valence-electron chi connectivity index (χ2n) is 5.96. The summed E-state index contributed by atoms with van der Waals surface area (Å²) in [6.07, 6.45) is 0. The summed E-state index contributed by atoms with van der Waals surface area (Å²) in [4.78, 5) is 23.6. The summed E-state index contributed by atoms with van der Waals surface area (Å²) < 4.78 is 32.5. The smallest absolute Gasteiger partial charge is 0.302 e. The molecule has 2 aromatic carbocycles. The lowest BCUT2D eigenvalue weighted by molar-refractivity contribution is 0.601. The molecule has 7 nitrogen and oxygen atoms in total. The molecule has 0 radical (unpaired) electrons. The van der Waals surface area contributed by atoms with Crippen LogP contribution in [0.25, 0.3) is 20.4 Å². The zero-order chi connectivity index (χ0) is 19.3. The van der Waals surface area contributed by atoms with E-state index in [-0.39, 0.29) is 14.6 Å². The van der Waals surface area contributed by atoms with E-state index in [4.69, 9.17) is 0 Å². The third-order valence-electron chi connectivity index (χ3n) is 4.31. The number of sulfonamides is 1. The lowest BCUT2D eigenvalue weighted by Gasteiger charge is -2.09. The van der Waals surface area contributed by atoms with Gasteiger partial charge in [0.1, 0.15) is 0 Å². The Balaban J connectivity index is 1.73. The number of anilines is 1. The van der Waals surface area contributed by atoms with Crippen molar-refractivity contribution in [2.24, 2.45) is 7.05 Å². The van der Waals surface area contributed by atoms with Crippen molar-refractivity contribution in [2.45, 2.75) is 18.4 Å². The monoisotopic (exact) mass is 421 g/mol. The van der Waals surface area contributed by atoms with Crippen molar-refractivity contribution in [1.82, 2.24) is 9.13 Å². The normalized spacial score (nSPS) is 12.1. The summed E-state index contributed by atoms with van der Waals surface area (Å²) in [5.41, 5.74) is 1.86. The molecule has 2 aromatic heterocycles. The van der Waals surface area contributed by atoms with Gasteiger partial charge >= 0.3 is 9.75 Å². The molecular weight excluding hydrogens is 406 g/mol. The minimum Gasteiger partial charge on any atom is -0.302 e. The molecule has 2 heterocycles. The van der Waals surface area contributed by atoms with Gasteiger partial charge < -0.3 is 4.57 Å². The number of nitrogens with one attached hydrogen (secondary N) is 1. The fraction of sp³-hybridized carbons (Fsp3) is 0.176. The molecule has 140 valence electrons. The first-order valence-electron chi connectivity index (χ1n) is 8.06. The predicted octanol–water partition coefficient (Wildman–Crippen LogP) is 2.80. The number of fused-ring (bicyclic) bond motifs is 2. The second-order valence-corrected chi connectivity index (χ2v) is 9.63. The van der Waals surface area contributed by atoms with Gasteiger partial charge in [0, 0.05) is 13.6 Å². The highest BCUT2D eigenvalue weighted by Crippen LogP contribution is 2.26. The van der Waals surface area contributed by atoms with Crippen molar-refractivity contribution in [2.75, 3.05) is 4.72 Å². The number of hydrogen-bond donors (Lipinski definition) is 1. The van der Waals surface area contributed by atoms with Crippen molar-refractivity contribution < 1.29 is 8.42 Å². The summed E-state index contributed by atoms with van der Waals surface area (Å²) >= 11 is 2.09. The van der Waals surface area contributed by atoms with E-state index in [1.54, 1.807) is 35.9 Å². The van der Waals surface area contributed by atoms with Gasteiger partial charge in [0.05, 0.1) is 31.0 Å². The van der Waals surface area contributed by atoms with Crippen LogP contribution in [0.2, 0.25) is 0 Å². The van der Waals surface area contributed by atoms with E-state index in [1.807, 2.05) is 6.92 Å². The fourth-order valence-corrected chi connectivity index (χ4v) is 5.99. The molecule has 0 aliphatic rings. The van der Waals surface area contributed by atoms with Gasteiger partial charge in [-0.15, -0.1) is 0 Å². The van der Waals surface area contributed by atoms with E-state index in [1.165, 1.54) is 16.7 Å². The number of benzene rings is 2. The Kier molecular flexibility index (Phi) is 4.21. The third kappa shape index (κ3) is 2.99. The Labute approximate surface area is 162 Å². The Bertz CT molecular complexity index is 1410. The van der Waals surface area contributed by atoms with E-state index in [0.717, 1.165) is 32.9 Å². The van der Waals surface area contributed by atoms with Gasteiger partial charge in [-0.05, 0) is 43.3 Å². The van der Waals surface area contributed by atoms with Crippen LogP contribution in [0.3, 0.4) is 0 Å². The first-order valence-corrected chi connectivity index (χ1v) is 11.2. The Morgan fingerprint density at radius 1 is 0.963 bits per heavy atom. The number of aromatic nitrogens is 2. The Morgan fingerprint density at radius 2 is 1.63 bits per heavy atom. The van der Waals surface area contributed by atoms with Crippen LogP contribution in [-0.4, -0.2) is 17.6 Å². The molecule has 4 aromatic rings. The lowest BCUT2D eigenvalue weighted by atomic mass is 10.3. The van der Waals surface area contributed by atoms with Crippen LogP contribution in [0.15, 0.2) is 50.9 Å². The van der Waals surface area contributed by atoms with Gasteiger partial charge in [0.15, 0.2) is 0 Å². The van der Waals surface area contributed by atoms with Gasteiger partial charge in [0.25, 0.3) is 10.0 Å². The molecule has 0 aliphatic heterocycles. The largest absolute Gasteiger partial charge is 0.308 e. The Hall–Kier alpha value is -2.43. The SMILES string of the molecule is CCn1c(=O)sc2cc(NS(=O)(=O)c3ccc4c(c3)sc(=O)n4C)ccc21. The molecule has 0 saturated carbocycles. The van der Waals surface area contributed by atoms with E-state index >= 15 is 0 Å². The highest BCUT2D eigenvalue weighted by atomic mass is 32.2. The minimum absolute atomic E-state index is 0.0723. The molecule has 0 saturated heterocycles. The molecule has 1 N–H and O–H groups in total. The van der Waals surface area contributed by atoms with Crippen LogP contribution in [-0.2, 0) is 23.6 Å². The standard InChI is InChI=1S/C17H15N3O4S3/c1-3-20-13-6-4-10(8-14(13)26-17(20)22)18-27(23,24)11-5-7-12-15(9-11)25-16(21)19(12)2/h4-9,18H,3H2,1-2H3. The topological polar surface area (TPSA) is 90.2 Å². The average molecular weight is 422 g/mol. The number of hydrogen-bond acceptors (Lipinski definition) is 6. The van der Waals surface area contributed by atoms with Crippen LogP contribution < -0.4 is 14.5 Å². The molecule has 0 atom stereocenters. The summed E-state index contributed by atoms with van der Waals surface area (Å²) in [5, 5.41) is 0. The summed E-state index contributed by atoms with van der Waals surface area (Å²) in [5.74, 6) is 0. The molecule has 27 heavy (non-hydrogen) atoms. The van der Waals surface area contributed by atoms with Crippen LogP contribution in [0, 0.1) is 0 Å². The molecule has 0 bridgehead atoms. The van der Waals surface area contributed by atoms with Gasteiger partial charge in [-0.2, -0.15) is 0 Å². The van der Waals surface area contributed by atoms with Gasteiger partial charge in [-0.25, -0.2) is 8.42 Å². The van der Waals surface area contributed by atoms with Gasteiger partial charge in [-0.3, -0.25) is 18.9 Å². The highest BCUT2D eigenvalue weighted by Gasteiger charge is 2.17. The predicted molar refractivity (Wildman–Crippen MR) is 110 cm³/mol. The number of thiazole rings is 2. The van der Waals surface area contributed by atoms with E-state index in [2.05, 4.69) is 4.72 Å². The van der Waals surface area contributed by atoms with Crippen molar-refractivity contribution >= 4 is 58.8 Å². The first-order chi connectivity index (χ1) is 12.8. The zero-order valence-electron chi connectivity index (χ0n) is 14.4. The minimum atomic E-state index is -3.82. The van der Waals surface area contributed by atoms with Gasteiger partial charge in [-0.1, -0.05) is 22.7 Å². The maximum absolute atomic E-state index is 12.7. The molecule has 0 unspecified atom stereocenters. The molecular formula is C17H15N3O4S3. The van der Waals surface area contributed by atoms with Crippen molar-refractivity contribution in [3.8, 4) is 0 Å². The summed E-state index contributed by atoms with van der Waals surface area (Å²) in [6.45, 7) is 2.45. The molecule has 0 spiro atoms. The lowest BCUT2D eigenvalue weighted by Crippen LogP contribution is -2.13. The van der Waals surface area contributed by atoms with Crippen LogP contribution in [0.4, 0.5) is 5.69 Å². The average Bonchev–Trinajstić information content (AvgIpc) is 3.09. The summed E-state index contributed by atoms with van der Waals surface area (Å²) in [7, 11) is -2.17. The zero-order valence-corrected chi connectivity index (χ0v) is 16.9. The van der Waals surface area contributed by atoms with E-state index < -0.39 is 10.0 Å². The molecule has 0 amide bonds. The van der Waals surface area contributed by atoms with E-state index in [0.29, 0.717) is 22.4 Å². The molecule has 4 rings (SSSR count).